The van der Waals surface area contributed by atoms with Crippen molar-refractivity contribution in [1.29, 1.82) is 0 Å². The molecular weight excluding hydrogens is 354 g/mol. The molecule has 1 saturated heterocycles. The van der Waals surface area contributed by atoms with E-state index in [2.05, 4.69) is 69.4 Å². The fourth-order valence-electron chi connectivity index (χ4n) is 3.80. The van der Waals surface area contributed by atoms with E-state index in [9.17, 15) is 4.79 Å². The lowest BCUT2D eigenvalue weighted by Crippen LogP contribution is -2.12. The van der Waals surface area contributed by atoms with Crippen LogP contribution in [0.15, 0.2) is 30.5 Å². The van der Waals surface area contributed by atoms with Gasteiger partial charge in [0.05, 0.1) is 0 Å². The van der Waals surface area contributed by atoms with E-state index in [4.69, 9.17) is 4.74 Å². The van der Waals surface area contributed by atoms with Crippen LogP contribution in [0.4, 0.5) is 5.95 Å². The van der Waals surface area contributed by atoms with E-state index in [1.54, 1.807) is 0 Å². The molecule has 1 aliphatic rings. The van der Waals surface area contributed by atoms with Crippen LogP contribution in [0.2, 0.25) is 0 Å². The van der Waals surface area contributed by atoms with Gasteiger partial charge >= 0.3 is 0 Å². The minimum atomic E-state index is -0.0644. The summed E-state index contributed by atoms with van der Waals surface area (Å²) in [7, 11) is 0. The third kappa shape index (κ3) is 3.94. The molecule has 0 saturated carbocycles. The predicted molar refractivity (Wildman–Crippen MR) is 108 cm³/mol. The zero-order chi connectivity index (χ0) is 19.5. The fraction of sp³-hybridized carbons (Fsp3) is 0.476. The highest BCUT2D eigenvalue weighted by Gasteiger charge is 2.21. The number of rotatable bonds is 7. The van der Waals surface area contributed by atoms with Gasteiger partial charge in [-0.1, -0.05) is 18.2 Å². The number of para-hydroxylation sites is 1. The number of amides is 1. The lowest BCUT2D eigenvalue weighted by atomic mass is 10.1. The van der Waals surface area contributed by atoms with Crippen molar-refractivity contribution in [2.75, 3.05) is 11.9 Å². The molecule has 0 aliphatic carbocycles. The van der Waals surface area contributed by atoms with Crippen LogP contribution in [0.25, 0.3) is 10.9 Å². The molecule has 0 unspecified atom stereocenters. The second kappa shape index (κ2) is 8.14. The van der Waals surface area contributed by atoms with E-state index < -0.39 is 0 Å². The number of H-pyrrole nitrogens is 1. The van der Waals surface area contributed by atoms with Gasteiger partial charge in [0.2, 0.25) is 11.9 Å². The first-order valence-electron chi connectivity index (χ1n) is 10.0. The van der Waals surface area contributed by atoms with Crippen molar-refractivity contribution in [3.63, 3.8) is 0 Å². The molecule has 1 aliphatic heterocycles. The Morgan fingerprint density at radius 3 is 3.04 bits per heavy atom. The smallest absolute Gasteiger partial charge is 0.248 e. The normalized spacial score (nSPS) is 16.9. The maximum Gasteiger partial charge on any atom is 0.248 e. The van der Waals surface area contributed by atoms with Gasteiger partial charge in [0.1, 0.15) is 6.10 Å². The van der Waals surface area contributed by atoms with Crippen molar-refractivity contribution in [1.82, 2.24) is 19.7 Å². The molecule has 28 heavy (non-hydrogen) atoms. The monoisotopic (exact) mass is 381 g/mol. The van der Waals surface area contributed by atoms with Crippen LogP contribution >= 0.6 is 0 Å². The molecule has 0 bridgehead atoms. The Labute approximate surface area is 164 Å². The molecule has 7 nitrogen and oxygen atoms in total. The Morgan fingerprint density at radius 1 is 1.39 bits per heavy atom. The Hall–Kier alpha value is -2.67. The summed E-state index contributed by atoms with van der Waals surface area (Å²) in [6, 6.07) is 8.86. The number of aromatic nitrogens is 4. The fourth-order valence-corrected chi connectivity index (χ4v) is 3.80. The van der Waals surface area contributed by atoms with E-state index in [1.165, 1.54) is 16.5 Å². The van der Waals surface area contributed by atoms with E-state index in [-0.39, 0.29) is 12.0 Å². The number of carbonyl (C=O) groups is 1. The van der Waals surface area contributed by atoms with E-state index in [1.807, 2.05) is 0 Å². The summed E-state index contributed by atoms with van der Waals surface area (Å²) in [5.41, 5.74) is 2.54. The molecule has 1 aromatic carbocycles. The standard InChI is InChI=1S/C21H27N5O2/c1-14(2)26-13-15(16-8-3-4-9-17(16)26)7-5-11-19(27)22-21-23-20(24-25-21)18-10-6-12-28-18/h3-4,8-9,13-14,18H,5-7,10-12H2,1-2H3,(H2,22,23,24,25,27)/t18-/m1/s1. The maximum absolute atomic E-state index is 12.3. The average Bonchev–Trinajstić information content (AvgIpc) is 3.41. The van der Waals surface area contributed by atoms with Gasteiger partial charge in [-0.15, -0.1) is 5.10 Å². The molecule has 3 aromatic rings. The number of aryl methyl sites for hydroxylation is 1. The van der Waals surface area contributed by atoms with Crippen LogP contribution < -0.4 is 5.32 Å². The summed E-state index contributed by atoms with van der Waals surface area (Å²) in [5, 5.41) is 11.0. The molecule has 0 spiro atoms. The number of benzene rings is 1. The highest BCUT2D eigenvalue weighted by Crippen LogP contribution is 2.27. The topological polar surface area (TPSA) is 84.8 Å². The molecule has 2 aromatic heterocycles. The number of hydrogen-bond donors (Lipinski definition) is 2. The third-order valence-corrected chi connectivity index (χ3v) is 5.22. The van der Waals surface area contributed by atoms with Gasteiger partial charge in [-0.05, 0) is 51.2 Å². The van der Waals surface area contributed by atoms with Crippen LogP contribution in [0.1, 0.15) is 63.1 Å². The lowest BCUT2D eigenvalue weighted by Gasteiger charge is -2.08. The molecule has 0 radical (unpaired) electrons. The van der Waals surface area contributed by atoms with Crippen LogP contribution in [0.3, 0.4) is 0 Å². The number of hydrogen-bond acceptors (Lipinski definition) is 4. The van der Waals surface area contributed by atoms with Gasteiger partial charge in [-0.3, -0.25) is 15.2 Å². The Morgan fingerprint density at radius 2 is 2.25 bits per heavy atom. The number of anilines is 1. The van der Waals surface area contributed by atoms with Gasteiger partial charge < -0.3 is 9.30 Å². The van der Waals surface area contributed by atoms with Crippen LogP contribution in [-0.4, -0.2) is 32.3 Å². The first-order valence-corrected chi connectivity index (χ1v) is 10.0. The van der Waals surface area contributed by atoms with Gasteiger partial charge in [-0.25, -0.2) is 0 Å². The quantitative estimate of drug-likeness (QED) is 0.644. The highest BCUT2D eigenvalue weighted by molar-refractivity contribution is 5.89. The zero-order valence-electron chi connectivity index (χ0n) is 16.4. The van der Waals surface area contributed by atoms with Crippen molar-refractivity contribution in [3.05, 3.63) is 41.9 Å². The molecule has 7 heteroatoms. The largest absolute Gasteiger partial charge is 0.370 e. The molecule has 4 rings (SSSR count). The predicted octanol–water partition coefficient (Wildman–Crippen LogP) is 4.15. The number of nitrogens with one attached hydrogen (secondary N) is 2. The van der Waals surface area contributed by atoms with Gasteiger partial charge in [0.15, 0.2) is 5.82 Å². The summed E-state index contributed by atoms with van der Waals surface area (Å²) in [6.45, 7) is 5.12. The molecule has 1 fully saturated rings. The summed E-state index contributed by atoms with van der Waals surface area (Å²) in [4.78, 5) is 16.6. The number of aromatic amines is 1. The molecule has 3 heterocycles. The molecule has 1 atom stereocenters. The Kier molecular flexibility index (Phi) is 5.43. The van der Waals surface area contributed by atoms with Crippen molar-refractivity contribution in [3.8, 4) is 0 Å². The van der Waals surface area contributed by atoms with Crippen molar-refractivity contribution < 1.29 is 9.53 Å². The minimum Gasteiger partial charge on any atom is -0.370 e. The summed E-state index contributed by atoms with van der Waals surface area (Å²) in [6.07, 6.45) is 6.23. The number of carbonyl (C=O) groups excluding carboxylic acids is 1. The number of fused-ring (bicyclic) bond motifs is 1. The van der Waals surface area contributed by atoms with Crippen molar-refractivity contribution >= 4 is 22.8 Å². The average molecular weight is 381 g/mol. The van der Waals surface area contributed by atoms with E-state index in [0.29, 0.717) is 24.2 Å². The van der Waals surface area contributed by atoms with Gasteiger partial charge in [0.25, 0.3) is 0 Å². The summed E-state index contributed by atoms with van der Waals surface area (Å²) < 4.78 is 7.87. The van der Waals surface area contributed by atoms with Gasteiger partial charge in [0, 0.05) is 36.2 Å². The summed E-state index contributed by atoms with van der Waals surface area (Å²) >= 11 is 0. The summed E-state index contributed by atoms with van der Waals surface area (Å²) in [5.74, 6) is 0.951. The Balaban J connectivity index is 1.33. The SMILES string of the molecule is CC(C)n1cc(CCCC(=O)Nc2n[nH]c([C@H]3CCCO3)n2)c2ccccc21. The zero-order valence-corrected chi connectivity index (χ0v) is 16.4. The second-order valence-electron chi connectivity index (χ2n) is 7.62. The first kappa shape index (κ1) is 18.7. The molecular formula is C21H27N5O2. The Bertz CT molecular complexity index is 953. The van der Waals surface area contributed by atoms with Crippen molar-refractivity contribution in [2.45, 2.75) is 58.1 Å². The molecule has 2 N–H and O–H groups in total. The second-order valence-corrected chi connectivity index (χ2v) is 7.62. The highest BCUT2D eigenvalue weighted by atomic mass is 16.5. The van der Waals surface area contributed by atoms with E-state index in [0.717, 1.165) is 32.3 Å². The molecule has 1 amide bonds. The van der Waals surface area contributed by atoms with E-state index >= 15 is 0 Å². The first-order chi connectivity index (χ1) is 13.6. The minimum absolute atomic E-state index is 0.0311. The lowest BCUT2D eigenvalue weighted by molar-refractivity contribution is -0.116. The molecule has 148 valence electrons. The maximum atomic E-state index is 12.3. The van der Waals surface area contributed by atoms with Crippen LogP contribution in [0, 0.1) is 0 Å². The number of ether oxygens (including phenoxy) is 1. The number of nitrogens with zero attached hydrogens (tertiary/aromatic N) is 3. The van der Waals surface area contributed by atoms with Crippen LogP contribution in [0.5, 0.6) is 0 Å². The van der Waals surface area contributed by atoms with Gasteiger partial charge in [-0.2, -0.15) is 4.98 Å². The van der Waals surface area contributed by atoms with Crippen molar-refractivity contribution in [2.24, 2.45) is 0 Å². The third-order valence-electron chi connectivity index (χ3n) is 5.22. The van der Waals surface area contributed by atoms with Crippen LogP contribution in [-0.2, 0) is 16.0 Å².